The Bertz CT molecular complexity index is 1060. The van der Waals surface area contributed by atoms with Crippen molar-refractivity contribution >= 4 is 11.5 Å². The Kier molecular flexibility index (Phi) is 3.81. The van der Waals surface area contributed by atoms with Gasteiger partial charge in [0.15, 0.2) is 11.5 Å². The monoisotopic (exact) mass is 363 g/mol. The van der Waals surface area contributed by atoms with Crippen LogP contribution in [0.4, 0.5) is 10.2 Å². The Hall–Kier alpha value is -3.29. The second-order valence-electron chi connectivity index (χ2n) is 6.67. The minimum absolute atomic E-state index is 0.334. The van der Waals surface area contributed by atoms with E-state index >= 15 is 0 Å². The highest BCUT2D eigenvalue weighted by atomic mass is 19.1. The summed E-state index contributed by atoms with van der Waals surface area (Å²) in [5.74, 6) is 0.925. The van der Waals surface area contributed by atoms with Crippen molar-refractivity contribution in [1.82, 2.24) is 29.6 Å². The number of fused-ring (bicyclic) bond motifs is 1. The van der Waals surface area contributed by atoms with Gasteiger partial charge in [0.1, 0.15) is 11.6 Å². The van der Waals surface area contributed by atoms with Gasteiger partial charge >= 0.3 is 0 Å². The third-order valence-electron chi connectivity index (χ3n) is 5.05. The fourth-order valence-corrected chi connectivity index (χ4v) is 3.61. The van der Waals surface area contributed by atoms with Crippen LogP contribution < -0.4 is 4.90 Å². The van der Waals surface area contributed by atoms with Crippen LogP contribution in [0.25, 0.3) is 17.0 Å². The van der Waals surface area contributed by atoms with E-state index in [0.717, 1.165) is 31.7 Å². The van der Waals surface area contributed by atoms with Crippen LogP contribution in [0.15, 0.2) is 54.9 Å². The first-order valence-electron chi connectivity index (χ1n) is 9.01. The van der Waals surface area contributed by atoms with E-state index in [-0.39, 0.29) is 5.82 Å². The first kappa shape index (κ1) is 15.9. The number of halogens is 1. The highest BCUT2D eigenvalue weighted by Crippen LogP contribution is 2.26. The summed E-state index contributed by atoms with van der Waals surface area (Å²) in [5.41, 5.74) is 0.996. The maximum atomic E-state index is 14.2. The molecular weight excluding hydrogens is 345 g/mol. The fraction of sp³-hybridized carbons (Fsp3) is 0.263. The number of hydrogen-bond acceptors (Lipinski definition) is 5. The van der Waals surface area contributed by atoms with Crippen LogP contribution in [0.2, 0.25) is 0 Å². The van der Waals surface area contributed by atoms with Gasteiger partial charge in [-0.15, -0.1) is 15.3 Å². The summed E-state index contributed by atoms with van der Waals surface area (Å²) < 4.78 is 17.8. The molecule has 0 saturated carbocycles. The zero-order valence-electron chi connectivity index (χ0n) is 14.6. The SMILES string of the molecule is Fc1ccccc1-c1nnc2ccc(N3CCC(n4cccn4)CC3)nn12. The van der Waals surface area contributed by atoms with E-state index in [2.05, 4.69) is 20.2 Å². The van der Waals surface area contributed by atoms with Crippen LogP contribution in [-0.2, 0) is 0 Å². The average molecular weight is 363 g/mol. The molecule has 136 valence electrons. The van der Waals surface area contributed by atoms with Gasteiger partial charge in [-0.25, -0.2) is 4.39 Å². The number of piperidine rings is 1. The molecule has 0 radical (unpaired) electrons. The largest absolute Gasteiger partial charge is 0.355 e. The van der Waals surface area contributed by atoms with E-state index in [1.54, 1.807) is 22.7 Å². The molecule has 3 aromatic heterocycles. The van der Waals surface area contributed by atoms with Crippen LogP contribution >= 0.6 is 0 Å². The van der Waals surface area contributed by atoms with E-state index in [4.69, 9.17) is 5.10 Å². The Morgan fingerprint density at radius 2 is 1.81 bits per heavy atom. The van der Waals surface area contributed by atoms with Crippen molar-refractivity contribution < 1.29 is 4.39 Å². The molecule has 0 bridgehead atoms. The molecule has 0 atom stereocenters. The van der Waals surface area contributed by atoms with Gasteiger partial charge in [0.2, 0.25) is 0 Å². The lowest BCUT2D eigenvalue weighted by atomic mass is 10.1. The summed E-state index contributed by atoms with van der Waals surface area (Å²) >= 11 is 0. The molecule has 0 spiro atoms. The first-order chi connectivity index (χ1) is 13.3. The van der Waals surface area contributed by atoms with E-state index in [9.17, 15) is 4.39 Å². The van der Waals surface area contributed by atoms with Gasteiger partial charge in [-0.1, -0.05) is 12.1 Å². The molecule has 0 unspecified atom stereocenters. The number of aromatic nitrogens is 6. The highest BCUT2D eigenvalue weighted by molar-refractivity contribution is 5.60. The molecule has 4 heterocycles. The van der Waals surface area contributed by atoms with E-state index < -0.39 is 0 Å². The molecule has 8 heteroatoms. The van der Waals surface area contributed by atoms with Crippen LogP contribution in [0.5, 0.6) is 0 Å². The van der Waals surface area contributed by atoms with Gasteiger partial charge in [-0.3, -0.25) is 4.68 Å². The summed E-state index contributed by atoms with van der Waals surface area (Å²) in [6.45, 7) is 1.78. The van der Waals surface area contributed by atoms with E-state index in [1.165, 1.54) is 6.07 Å². The number of anilines is 1. The first-order valence-corrected chi connectivity index (χ1v) is 9.01. The molecule has 27 heavy (non-hydrogen) atoms. The summed E-state index contributed by atoms with van der Waals surface area (Å²) in [6.07, 6.45) is 5.84. The smallest absolute Gasteiger partial charge is 0.188 e. The van der Waals surface area contributed by atoms with Crippen LogP contribution in [0.3, 0.4) is 0 Å². The van der Waals surface area contributed by atoms with Gasteiger partial charge in [-0.2, -0.15) is 9.61 Å². The molecule has 0 amide bonds. The lowest BCUT2D eigenvalue weighted by molar-refractivity contribution is 0.365. The molecule has 1 aromatic carbocycles. The van der Waals surface area contributed by atoms with Gasteiger partial charge in [0.25, 0.3) is 0 Å². The van der Waals surface area contributed by atoms with Crippen LogP contribution in [-0.4, -0.2) is 42.7 Å². The third-order valence-corrected chi connectivity index (χ3v) is 5.05. The average Bonchev–Trinajstić information content (AvgIpc) is 3.38. The minimum Gasteiger partial charge on any atom is -0.355 e. The maximum absolute atomic E-state index is 14.2. The third kappa shape index (κ3) is 2.83. The number of nitrogens with zero attached hydrogens (tertiary/aromatic N) is 7. The molecule has 1 aliphatic heterocycles. The van der Waals surface area contributed by atoms with Gasteiger partial charge in [0, 0.05) is 25.5 Å². The van der Waals surface area contributed by atoms with Crippen LogP contribution in [0.1, 0.15) is 18.9 Å². The molecule has 4 aromatic rings. The van der Waals surface area contributed by atoms with E-state index in [0.29, 0.717) is 23.1 Å². The zero-order valence-corrected chi connectivity index (χ0v) is 14.6. The topological polar surface area (TPSA) is 64.1 Å². The molecule has 1 aliphatic rings. The fourth-order valence-electron chi connectivity index (χ4n) is 3.61. The number of rotatable bonds is 3. The summed E-state index contributed by atoms with van der Waals surface area (Å²) in [6, 6.07) is 12.7. The van der Waals surface area contributed by atoms with E-state index in [1.807, 2.05) is 35.3 Å². The van der Waals surface area contributed by atoms with Crippen molar-refractivity contribution in [2.45, 2.75) is 18.9 Å². The lowest BCUT2D eigenvalue weighted by Gasteiger charge is -2.32. The molecule has 1 fully saturated rings. The van der Waals surface area contributed by atoms with Crippen molar-refractivity contribution in [2.75, 3.05) is 18.0 Å². The Morgan fingerprint density at radius 1 is 0.963 bits per heavy atom. The molecule has 0 aliphatic carbocycles. The summed E-state index contributed by atoms with van der Waals surface area (Å²) in [4.78, 5) is 2.24. The lowest BCUT2D eigenvalue weighted by Crippen LogP contribution is -2.35. The van der Waals surface area contributed by atoms with Gasteiger partial charge in [-0.05, 0) is 43.2 Å². The Balaban J connectivity index is 1.43. The van der Waals surface area contributed by atoms with Gasteiger partial charge in [0.05, 0.1) is 11.6 Å². The number of benzene rings is 1. The molecule has 5 rings (SSSR count). The normalized spacial score (nSPS) is 15.5. The minimum atomic E-state index is -0.334. The Morgan fingerprint density at radius 3 is 2.59 bits per heavy atom. The number of hydrogen-bond donors (Lipinski definition) is 0. The summed E-state index contributed by atoms with van der Waals surface area (Å²) in [7, 11) is 0. The van der Waals surface area contributed by atoms with Crippen molar-refractivity contribution in [2.24, 2.45) is 0 Å². The molecule has 1 saturated heterocycles. The van der Waals surface area contributed by atoms with Crippen molar-refractivity contribution in [1.29, 1.82) is 0 Å². The molecular formula is C19H18FN7. The zero-order chi connectivity index (χ0) is 18.2. The maximum Gasteiger partial charge on any atom is 0.188 e. The second-order valence-corrected chi connectivity index (χ2v) is 6.67. The highest BCUT2D eigenvalue weighted by Gasteiger charge is 2.22. The Labute approximate surface area is 155 Å². The quantitative estimate of drug-likeness (QED) is 0.560. The standard InChI is InChI=1S/C19H18FN7/c20-16-5-2-1-4-15(16)19-23-22-17-6-7-18(24-27(17)19)25-12-8-14(9-13-25)26-11-3-10-21-26/h1-7,10-11,14H,8-9,12-13H2. The molecule has 0 N–H and O–H groups in total. The van der Waals surface area contributed by atoms with Crippen molar-refractivity contribution in [3.05, 3.63) is 60.7 Å². The summed E-state index contributed by atoms with van der Waals surface area (Å²) in [5, 5.41) is 17.3. The van der Waals surface area contributed by atoms with Gasteiger partial charge < -0.3 is 4.90 Å². The predicted molar refractivity (Wildman–Crippen MR) is 98.9 cm³/mol. The molecule has 7 nitrogen and oxygen atoms in total. The predicted octanol–water partition coefficient (Wildman–Crippen LogP) is 2.97. The second kappa shape index (κ2) is 6.46. The van der Waals surface area contributed by atoms with Crippen molar-refractivity contribution in [3.8, 4) is 11.4 Å². The van der Waals surface area contributed by atoms with Crippen LogP contribution in [0, 0.1) is 5.82 Å². The van der Waals surface area contributed by atoms with Crippen molar-refractivity contribution in [3.63, 3.8) is 0 Å².